The van der Waals surface area contributed by atoms with E-state index in [2.05, 4.69) is 64.1 Å². The predicted molar refractivity (Wildman–Crippen MR) is 106 cm³/mol. The van der Waals surface area contributed by atoms with Crippen molar-refractivity contribution in [2.75, 3.05) is 0 Å². The molecule has 0 aliphatic carbocycles. The van der Waals surface area contributed by atoms with Crippen LogP contribution in [0.25, 0.3) is 53.9 Å². The minimum Gasteiger partial charge on any atom is -0.0537 e. The van der Waals surface area contributed by atoms with Crippen molar-refractivity contribution in [3.63, 3.8) is 0 Å². The standard InChI is InChI=1S/C24H18/c1-11-7-15-5-6-16-8-12(2)18-10-14(4)19-13(3)9-17(11)22-20(15)21(16)23(18)24(19)22/h5-10H,1-4H3. The molecule has 0 aliphatic rings. The average molecular weight is 306 g/mol. The Labute approximate surface area is 140 Å². The molecule has 24 heavy (non-hydrogen) atoms. The number of aryl methyl sites for hydroxylation is 4. The van der Waals surface area contributed by atoms with Crippen LogP contribution in [0.4, 0.5) is 0 Å². The number of benzene rings is 5. The Morgan fingerprint density at radius 3 is 1.33 bits per heavy atom. The number of hydrogen-bond donors (Lipinski definition) is 0. The van der Waals surface area contributed by atoms with Gasteiger partial charge < -0.3 is 0 Å². The van der Waals surface area contributed by atoms with Crippen LogP contribution in [0.1, 0.15) is 22.3 Å². The molecule has 0 heteroatoms. The molecule has 0 bridgehead atoms. The molecule has 0 aromatic heterocycles. The van der Waals surface area contributed by atoms with E-state index in [1.807, 2.05) is 0 Å². The Morgan fingerprint density at radius 2 is 0.875 bits per heavy atom. The van der Waals surface area contributed by atoms with Gasteiger partial charge in [-0.3, -0.25) is 0 Å². The van der Waals surface area contributed by atoms with Gasteiger partial charge >= 0.3 is 0 Å². The van der Waals surface area contributed by atoms with E-state index in [0.29, 0.717) is 0 Å². The molecule has 0 amide bonds. The molecule has 6 aromatic rings. The molecule has 6 aromatic carbocycles. The highest BCUT2D eigenvalue weighted by Crippen LogP contribution is 2.50. The molecule has 0 saturated heterocycles. The Kier molecular flexibility index (Phi) is 1.98. The van der Waals surface area contributed by atoms with Crippen LogP contribution < -0.4 is 0 Å². The summed E-state index contributed by atoms with van der Waals surface area (Å²) in [6.07, 6.45) is 0. The largest absolute Gasteiger partial charge is 0.0537 e. The van der Waals surface area contributed by atoms with Gasteiger partial charge in [-0.1, -0.05) is 36.4 Å². The molecule has 0 unspecified atom stereocenters. The number of hydrogen-bond acceptors (Lipinski definition) is 0. The summed E-state index contributed by atoms with van der Waals surface area (Å²) in [6, 6.07) is 14.2. The van der Waals surface area contributed by atoms with Crippen LogP contribution in [0.5, 0.6) is 0 Å². The molecular formula is C24H18. The molecule has 0 saturated carbocycles. The smallest absolute Gasteiger partial charge is 0.000834 e. The minimum atomic E-state index is 1.39. The van der Waals surface area contributed by atoms with Gasteiger partial charge in [-0.25, -0.2) is 0 Å². The predicted octanol–water partition coefficient (Wildman–Crippen LogP) is 7.00. The lowest BCUT2D eigenvalue weighted by Gasteiger charge is -2.13. The fourth-order valence-electron chi connectivity index (χ4n) is 5.25. The van der Waals surface area contributed by atoms with E-state index in [0.717, 1.165) is 0 Å². The highest BCUT2D eigenvalue weighted by Gasteiger charge is 2.23. The van der Waals surface area contributed by atoms with E-state index < -0.39 is 0 Å². The molecule has 6 rings (SSSR count). The van der Waals surface area contributed by atoms with Gasteiger partial charge in [0.1, 0.15) is 0 Å². The molecule has 0 heterocycles. The second kappa shape index (κ2) is 3.72. The zero-order valence-corrected chi connectivity index (χ0v) is 14.5. The van der Waals surface area contributed by atoms with E-state index >= 15 is 0 Å². The van der Waals surface area contributed by atoms with Crippen LogP contribution in [0.2, 0.25) is 0 Å². The van der Waals surface area contributed by atoms with Gasteiger partial charge in [0.05, 0.1) is 0 Å². The van der Waals surface area contributed by atoms with Crippen molar-refractivity contribution in [2.45, 2.75) is 27.7 Å². The lowest BCUT2D eigenvalue weighted by atomic mass is 9.91. The molecule has 0 spiro atoms. The third kappa shape index (κ3) is 1.19. The van der Waals surface area contributed by atoms with E-state index in [9.17, 15) is 0 Å². The van der Waals surface area contributed by atoms with Crippen LogP contribution in [-0.4, -0.2) is 0 Å². The van der Waals surface area contributed by atoms with E-state index in [4.69, 9.17) is 0 Å². The van der Waals surface area contributed by atoms with Gasteiger partial charge in [-0.2, -0.15) is 0 Å². The molecule has 0 aliphatic heterocycles. The van der Waals surface area contributed by atoms with Crippen molar-refractivity contribution in [3.8, 4) is 0 Å². The zero-order chi connectivity index (χ0) is 16.3. The van der Waals surface area contributed by atoms with Crippen molar-refractivity contribution in [2.24, 2.45) is 0 Å². The van der Waals surface area contributed by atoms with Gasteiger partial charge in [-0.05, 0) is 104 Å². The molecule has 0 fully saturated rings. The summed E-state index contributed by atoms with van der Waals surface area (Å²) < 4.78 is 0. The van der Waals surface area contributed by atoms with Crippen molar-refractivity contribution in [3.05, 3.63) is 58.7 Å². The quantitative estimate of drug-likeness (QED) is 0.265. The summed E-state index contributed by atoms with van der Waals surface area (Å²) >= 11 is 0. The van der Waals surface area contributed by atoms with Gasteiger partial charge in [0.25, 0.3) is 0 Å². The first-order valence-corrected chi connectivity index (χ1v) is 8.72. The molecule has 0 atom stereocenters. The number of rotatable bonds is 0. The normalized spacial score (nSPS) is 13.0. The topological polar surface area (TPSA) is 0 Å². The van der Waals surface area contributed by atoms with Gasteiger partial charge in [0.15, 0.2) is 0 Å². The van der Waals surface area contributed by atoms with Crippen LogP contribution in [0.15, 0.2) is 36.4 Å². The first-order valence-electron chi connectivity index (χ1n) is 8.72. The second-order valence-electron chi connectivity index (χ2n) is 7.63. The van der Waals surface area contributed by atoms with Crippen molar-refractivity contribution in [1.82, 2.24) is 0 Å². The van der Waals surface area contributed by atoms with Crippen LogP contribution >= 0.6 is 0 Å². The Balaban J connectivity index is 2.22. The van der Waals surface area contributed by atoms with Gasteiger partial charge in [0, 0.05) is 0 Å². The molecule has 0 radical (unpaired) electrons. The molecule has 0 N–H and O–H groups in total. The van der Waals surface area contributed by atoms with E-state index in [-0.39, 0.29) is 0 Å². The maximum Gasteiger partial charge on any atom is -0.000834 e. The maximum atomic E-state index is 2.41. The van der Waals surface area contributed by atoms with Crippen molar-refractivity contribution >= 4 is 53.9 Å². The highest BCUT2D eigenvalue weighted by molar-refractivity contribution is 6.45. The third-order valence-corrected chi connectivity index (χ3v) is 6.16. The first-order chi connectivity index (χ1) is 11.6. The summed E-state index contributed by atoms with van der Waals surface area (Å²) in [5.74, 6) is 0. The summed E-state index contributed by atoms with van der Waals surface area (Å²) in [7, 11) is 0. The lowest BCUT2D eigenvalue weighted by molar-refractivity contribution is 1.47. The van der Waals surface area contributed by atoms with Crippen LogP contribution in [0.3, 0.4) is 0 Å². The Bertz CT molecular complexity index is 1310. The van der Waals surface area contributed by atoms with Gasteiger partial charge in [0.2, 0.25) is 0 Å². The molecule has 0 nitrogen and oxygen atoms in total. The fourth-order valence-corrected chi connectivity index (χ4v) is 5.25. The summed E-state index contributed by atoms with van der Waals surface area (Å²) in [5.41, 5.74) is 5.59. The van der Waals surface area contributed by atoms with Crippen LogP contribution in [-0.2, 0) is 0 Å². The lowest BCUT2D eigenvalue weighted by Crippen LogP contribution is -1.88. The summed E-state index contributed by atoms with van der Waals surface area (Å²) in [5, 5.41) is 14.5. The Hall–Kier alpha value is -2.60. The third-order valence-electron chi connectivity index (χ3n) is 6.16. The molecule has 114 valence electrons. The fraction of sp³-hybridized carbons (Fsp3) is 0.167. The monoisotopic (exact) mass is 306 g/mol. The molecular weight excluding hydrogens is 288 g/mol. The maximum absolute atomic E-state index is 2.41. The Morgan fingerprint density at radius 1 is 0.417 bits per heavy atom. The second-order valence-corrected chi connectivity index (χ2v) is 7.63. The highest BCUT2D eigenvalue weighted by atomic mass is 14.3. The first kappa shape index (κ1) is 12.8. The van der Waals surface area contributed by atoms with Crippen molar-refractivity contribution < 1.29 is 0 Å². The summed E-state index contributed by atoms with van der Waals surface area (Å²) in [6.45, 7) is 9.05. The minimum absolute atomic E-state index is 1.39. The van der Waals surface area contributed by atoms with E-state index in [1.54, 1.807) is 0 Å². The SMILES string of the molecule is Cc1cc2ccc3cc(C)c4cc(C)c5c(C)cc1c1c2c3c4c51. The van der Waals surface area contributed by atoms with Gasteiger partial charge in [-0.15, -0.1) is 0 Å². The van der Waals surface area contributed by atoms with Crippen molar-refractivity contribution in [1.29, 1.82) is 0 Å². The van der Waals surface area contributed by atoms with Crippen LogP contribution in [0, 0.1) is 27.7 Å². The zero-order valence-electron chi connectivity index (χ0n) is 14.5. The average Bonchev–Trinajstić information content (AvgIpc) is 2.89. The summed E-state index contributed by atoms with van der Waals surface area (Å²) in [4.78, 5) is 0. The van der Waals surface area contributed by atoms with E-state index in [1.165, 1.54) is 76.1 Å².